The summed E-state index contributed by atoms with van der Waals surface area (Å²) in [6.45, 7) is 4.26. The Balaban J connectivity index is 2.21. The Kier molecular flexibility index (Phi) is 6.55. The molecule has 0 aromatic heterocycles. The molecule has 5 nitrogen and oxygen atoms in total. The van der Waals surface area contributed by atoms with Gasteiger partial charge in [0, 0.05) is 24.9 Å². The van der Waals surface area contributed by atoms with Crippen molar-refractivity contribution in [1.29, 1.82) is 5.26 Å². The Morgan fingerprint density at radius 2 is 2.00 bits per heavy atom. The van der Waals surface area contributed by atoms with Crippen LogP contribution in [0.2, 0.25) is 0 Å². The topological polar surface area (TPSA) is 76.4 Å². The van der Waals surface area contributed by atoms with E-state index in [9.17, 15) is 9.90 Å². The van der Waals surface area contributed by atoms with E-state index in [-0.39, 0.29) is 18.7 Å². The number of hydrogen-bond donors (Lipinski definition) is 2. The summed E-state index contributed by atoms with van der Waals surface area (Å²) in [6, 6.07) is 16.7. The molecule has 25 heavy (non-hydrogen) atoms. The molecule has 0 aliphatic heterocycles. The molecule has 0 aliphatic rings. The molecule has 2 aromatic rings. The Morgan fingerprint density at radius 1 is 1.28 bits per heavy atom. The molecular formula is C20H23N3O2. The lowest BCUT2D eigenvalue weighted by Crippen LogP contribution is -2.41. The fourth-order valence-electron chi connectivity index (χ4n) is 2.56. The van der Waals surface area contributed by atoms with Gasteiger partial charge in [0.05, 0.1) is 11.6 Å². The summed E-state index contributed by atoms with van der Waals surface area (Å²) in [5.41, 5.74) is 3.03. The van der Waals surface area contributed by atoms with Gasteiger partial charge in [0.2, 0.25) is 0 Å². The molecule has 1 unspecified atom stereocenters. The number of rotatable bonds is 6. The minimum absolute atomic E-state index is 0.0165. The quantitative estimate of drug-likeness (QED) is 0.844. The van der Waals surface area contributed by atoms with Crippen molar-refractivity contribution in [2.75, 3.05) is 11.9 Å². The van der Waals surface area contributed by atoms with Gasteiger partial charge in [-0.1, -0.05) is 36.4 Å². The number of aryl methyl sites for hydroxylation is 1. The number of nitriles is 1. The third-order valence-electron chi connectivity index (χ3n) is 4.14. The van der Waals surface area contributed by atoms with Gasteiger partial charge in [0.15, 0.2) is 0 Å². The molecule has 2 rings (SSSR count). The van der Waals surface area contributed by atoms with Gasteiger partial charge in [-0.15, -0.1) is 0 Å². The first-order valence-corrected chi connectivity index (χ1v) is 8.28. The fourth-order valence-corrected chi connectivity index (χ4v) is 2.56. The standard InChI is InChI=1S/C20H23N3O2/c1-15-8-9-18(13-21)12-19(15)22-20(25)23(16(2)10-11-24)14-17-6-4-3-5-7-17/h3-9,12,16,24H,10-11,14H2,1-2H3,(H,22,25). The van der Waals surface area contributed by atoms with Gasteiger partial charge in [-0.3, -0.25) is 0 Å². The van der Waals surface area contributed by atoms with E-state index in [0.717, 1.165) is 11.1 Å². The Morgan fingerprint density at radius 3 is 2.64 bits per heavy atom. The van der Waals surface area contributed by atoms with Crippen LogP contribution in [-0.4, -0.2) is 28.7 Å². The van der Waals surface area contributed by atoms with E-state index in [0.29, 0.717) is 24.2 Å². The highest BCUT2D eigenvalue weighted by atomic mass is 16.3. The van der Waals surface area contributed by atoms with Gasteiger partial charge in [0.1, 0.15) is 0 Å². The first kappa shape index (κ1) is 18.5. The van der Waals surface area contributed by atoms with Crippen molar-refractivity contribution in [2.45, 2.75) is 32.9 Å². The zero-order chi connectivity index (χ0) is 18.2. The van der Waals surface area contributed by atoms with Gasteiger partial charge < -0.3 is 15.3 Å². The maximum atomic E-state index is 12.8. The van der Waals surface area contributed by atoms with Crippen LogP contribution < -0.4 is 5.32 Å². The number of anilines is 1. The third-order valence-corrected chi connectivity index (χ3v) is 4.14. The average molecular weight is 337 g/mol. The molecule has 1 atom stereocenters. The number of aliphatic hydroxyl groups excluding tert-OH is 1. The normalized spacial score (nSPS) is 11.4. The first-order chi connectivity index (χ1) is 12.0. The Hall–Kier alpha value is -2.84. The number of nitrogens with one attached hydrogen (secondary N) is 1. The molecule has 2 amide bonds. The van der Waals surface area contributed by atoms with E-state index in [4.69, 9.17) is 5.26 Å². The predicted octanol–water partition coefficient (Wildman–Crippen LogP) is 3.67. The van der Waals surface area contributed by atoms with Crippen LogP contribution in [0, 0.1) is 18.3 Å². The number of carbonyl (C=O) groups excluding carboxylic acids is 1. The van der Waals surface area contributed by atoms with E-state index < -0.39 is 0 Å². The molecule has 0 spiro atoms. The second kappa shape index (κ2) is 8.86. The summed E-state index contributed by atoms with van der Waals surface area (Å²) in [7, 11) is 0. The van der Waals surface area contributed by atoms with Crippen LogP contribution in [0.4, 0.5) is 10.5 Å². The highest BCUT2D eigenvalue weighted by Gasteiger charge is 2.21. The van der Waals surface area contributed by atoms with Crippen molar-refractivity contribution in [3.05, 3.63) is 65.2 Å². The molecule has 0 aliphatic carbocycles. The van der Waals surface area contributed by atoms with Crippen LogP contribution in [0.5, 0.6) is 0 Å². The molecule has 0 heterocycles. The van der Waals surface area contributed by atoms with Gasteiger partial charge in [-0.2, -0.15) is 5.26 Å². The number of benzene rings is 2. The van der Waals surface area contributed by atoms with Crippen molar-refractivity contribution >= 4 is 11.7 Å². The second-order valence-corrected chi connectivity index (χ2v) is 6.05. The SMILES string of the molecule is Cc1ccc(C#N)cc1NC(=O)N(Cc1ccccc1)C(C)CCO. The zero-order valence-corrected chi connectivity index (χ0v) is 14.6. The van der Waals surface area contributed by atoms with Crippen LogP contribution in [0.1, 0.15) is 30.0 Å². The molecular weight excluding hydrogens is 314 g/mol. The fraction of sp³-hybridized carbons (Fsp3) is 0.300. The van der Waals surface area contributed by atoms with Crippen LogP contribution in [0.25, 0.3) is 0 Å². The minimum atomic E-state index is -0.247. The highest BCUT2D eigenvalue weighted by Crippen LogP contribution is 2.19. The second-order valence-electron chi connectivity index (χ2n) is 6.05. The lowest BCUT2D eigenvalue weighted by Gasteiger charge is -2.29. The molecule has 0 saturated heterocycles. The lowest BCUT2D eigenvalue weighted by molar-refractivity contribution is 0.169. The number of urea groups is 1. The monoisotopic (exact) mass is 337 g/mol. The average Bonchev–Trinajstić information content (AvgIpc) is 2.62. The molecule has 2 aromatic carbocycles. The van der Waals surface area contributed by atoms with Crippen molar-refractivity contribution in [1.82, 2.24) is 4.90 Å². The smallest absolute Gasteiger partial charge is 0.322 e. The number of aliphatic hydroxyl groups is 1. The van der Waals surface area contributed by atoms with Gasteiger partial charge in [0.25, 0.3) is 0 Å². The van der Waals surface area contributed by atoms with E-state index in [2.05, 4.69) is 11.4 Å². The zero-order valence-electron chi connectivity index (χ0n) is 14.6. The number of hydrogen-bond acceptors (Lipinski definition) is 3. The number of carbonyl (C=O) groups is 1. The van der Waals surface area contributed by atoms with Gasteiger partial charge in [-0.05, 0) is 43.5 Å². The van der Waals surface area contributed by atoms with Crippen molar-refractivity contribution in [2.24, 2.45) is 0 Å². The van der Waals surface area contributed by atoms with E-state index in [1.807, 2.05) is 50.2 Å². The summed E-state index contributed by atoms with van der Waals surface area (Å²) >= 11 is 0. The maximum Gasteiger partial charge on any atom is 0.322 e. The summed E-state index contributed by atoms with van der Waals surface area (Å²) in [4.78, 5) is 14.5. The first-order valence-electron chi connectivity index (χ1n) is 8.28. The van der Waals surface area contributed by atoms with Crippen LogP contribution in [-0.2, 0) is 6.54 Å². The van der Waals surface area contributed by atoms with E-state index in [1.165, 1.54) is 0 Å². The lowest BCUT2D eigenvalue weighted by atomic mass is 10.1. The molecule has 130 valence electrons. The van der Waals surface area contributed by atoms with Gasteiger partial charge >= 0.3 is 6.03 Å². The largest absolute Gasteiger partial charge is 0.396 e. The number of nitrogens with zero attached hydrogens (tertiary/aromatic N) is 2. The van der Waals surface area contributed by atoms with Crippen molar-refractivity contribution in [3.63, 3.8) is 0 Å². The predicted molar refractivity (Wildman–Crippen MR) is 98.1 cm³/mol. The van der Waals surface area contributed by atoms with Crippen molar-refractivity contribution in [3.8, 4) is 6.07 Å². The molecule has 5 heteroatoms. The third kappa shape index (κ3) is 5.07. The molecule has 0 radical (unpaired) electrons. The molecule has 0 fully saturated rings. The Labute approximate surface area is 148 Å². The highest BCUT2D eigenvalue weighted by molar-refractivity contribution is 5.90. The summed E-state index contributed by atoms with van der Waals surface area (Å²) in [5.74, 6) is 0. The molecule has 2 N–H and O–H groups in total. The van der Waals surface area contributed by atoms with Gasteiger partial charge in [-0.25, -0.2) is 4.79 Å². The van der Waals surface area contributed by atoms with E-state index in [1.54, 1.807) is 17.0 Å². The van der Waals surface area contributed by atoms with Crippen LogP contribution >= 0.6 is 0 Å². The van der Waals surface area contributed by atoms with Crippen LogP contribution in [0.15, 0.2) is 48.5 Å². The summed E-state index contributed by atoms with van der Waals surface area (Å²) in [5, 5.41) is 21.2. The minimum Gasteiger partial charge on any atom is -0.396 e. The summed E-state index contributed by atoms with van der Waals surface area (Å²) in [6.07, 6.45) is 0.497. The van der Waals surface area contributed by atoms with Crippen molar-refractivity contribution < 1.29 is 9.90 Å². The summed E-state index contributed by atoms with van der Waals surface area (Å²) < 4.78 is 0. The number of amides is 2. The Bertz CT molecular complexity index is 753. The van der Waals surface area contributed by atoms with Crippen LogP contribution in [0.3, 0.4) is 0 Å². The maximum absolute atomic E-state index is 12.8. The molecule has 0 saturated carbocycles. The van der Waals surface area contributed by atoms with E-state index >= 15 is 0 Å². The molecule has 0 bridgehead atoms.